The number of benzene rings is 2. The number of nitrogens with zero attached hydrogens (tertiary/aromatic N) is 2. The molecular weight excluding hydrogens is 353 g/mol. The zero-order valence-corrected chi connectivity index (χ0v) is 15.6. The molecule has 1 atom stereocenters. The molecule has 0 aliphatic carbocycles. The summed E-state index contributed by atoms with van der Waals surface area (Å²) in [6, 6.07) is 15.2. The summed E-state index contributed by atoms with van der Waals surface area (Å²) in [5, 5.41) is 0. The first-order chi connectivity index (χ1) is 12.5. The first-order valence-electron chi connectivity index (χ1n) is 8.75. The Labute approximate surface area is 154 Å². The summed E-state index contributed by atoms with van der Waals surface area (Å²) >= 11 is 0. The van der Waals surface area contributed by atoms with Gasteiger partial charge in [0.15, 0.2) is 0 Å². The van der Waals surface area contributed by atoms with Crippen LogP contribution in [0, 0.1) is 5.82 Å². The van der Waals surface area contributed by atoms with Gasteiger partial charge in [0.2, 0.25) is 10.0 Å². The first kappa shape index (κ1) is 18.8. The fourth-order valence-corrected chi connectivity index (χ4v) is 4.24. The van der Waals surface area contributed by atoms with Crippen molar-refractivity contribution < 1.29 is 12.8 Å². The van der Waals surface area contributed by atoms with Gasteiger partial charge in [-0.05, 0) is 43.3 Å². The molecule has 3 rings (SSSR count). The van der Waals surface area contributed by atoms with E-state index >= 15 is 0 Å². The van der Waals surface area contributed by atoms with E-state index in [1.54, 1.807) is 0 Å². The van der Waals surface area contributed by atoms with E-state index in [9.17, 15) is 12.8 Å². The van der Waals surface area contributed by atoms with E-state index < -0.39 is 15.8 Å². The van der Waals surface area contributed by atoms with Crippen molar-refractivity contribution in [3.8, 4) is 0 Å². The summed E-state index contributed by atoms with van der Waals surface area (Å²) in [4.78, 5) is 4.71. The van der Waals surface area contributed by atoms with E-state index in [0.717, 1.165) is 38.3 Å². The summed E-state index contributed by atoms with van der Waals surface area (Å²) in [7, 11) is -3.62. The van der Waals surface area contributed by atoms with Gasteiger partial charge in [-0.15, -0.1) is 0 Å². The number of anilines is 1. The lowest BCUT2D eigenvalue weighted by Gasteiger charge is -2.39. The normalized spacial score (nSPS) is 17.2. The summed E-state index contributed by atoms with van der Waals surface area (Å²) in [6.07, 6.45) is 0. The first-order valence-corrected chi connectivity index (χ1v) is 10.2. The largest absolute Gasteiger partial charge is 0.369 e. The molecule has 1 heterocycles. The molecule has 1 aliphatic rings. The zero-order chi connectivity index (χ0) is 18.6. The maximum absolute atomic E-state index is 13.0. The molecule has 2 aromatic carbocycles. The lowest BCUT2D eigenvalue weighted by molar-refractivity contribution is 0.198. The van der Waals surface area contributed by atoms with Crippen LogP contribution in [0.5, 0.6) is 0 Å². The Balaban J connectivity index is 1.51. The van der Waals surface area contributed by atoms with Crippen LogP contribution in [0.25, 0.3) is 0 Å². The van der Waals surface area contributed by atoms with Crippen LogP contribution in [0.2, 0.25) is 0 Å². The van der Waals surface area contributed by atoms with Crippen molar-refractivity contribution in [2.75, 3.05) is 37.6 Å². The number of hydrogen-bond donors (Lipinski definition) is 1. The highest BCUT2D eigenvalue weighted by molar-refractivity contribution is 7.89. The van der Waals surface area contributed by atoms with Gasteiger partial charge >= 0.3 is 0 Å². The summed E-state index contributed by atoms with van der Waals surface area (Å²) in [5.41, 5.74) is 1.22. The van der Waals surface area contributed by atoms with E-state index in [1.165, 1.54) is 17.8 Å². The number of piperazine rings is 1. The summed E-state index contributed by atoms with van der Waals surface area (Å²) in [5.74, 6) is -0.450. The van der Waals surface area contributed by atoms with Gasteiger partial charge < -0.3 is 4.90 Å². The number of para-hydroxylation sites is 1. The van der Waals surface area contributed by atoms with Crippen molar-refractivity contribution in [1.29, 1.82) is 0 Å². The van der Waals surface area contributed by atoms with Crippen LogP contribution in [0.15, 0.2) is 59.5 Å². The predicted molar refractivity (Wildman–Crippen MR) is 101 cm³/mol. The van der Waals surface area contributed by atoms with E-state index in [1.807, 2.05) is 25.1 Å². The van der Waals surface area contributed by atoms with E-state index in [2.05, 4.69) is 26.7 Å². The van der Waals surface area contributed by atoms with E-state index in [0.29, 0.717) is 6.54 Å². The molecule has 0 amide bonds. The third-order valence-electron chi connectivity index (χ3n) is 4.75. The lowest BCUT2D eigenvalue weighted by Crippen LogP contribution is -2.52. The number of sulfonamides is 1. The third kappa shape index (κ3) is 4.60. The Hall–Kier alpha value is -1.96. The van der Waals surface area contributed by atoms with E-state index in [4.69, 9.17) is 0 Å². The fourth-order valence-electron chi connectivity index (χ4n) is 3.12. The van der Waals surface area contributed by atoms with Crippen LogP contribution in [0.3, 0.4) is 0 Å². The Morgan fingerprint density at radius 1 is 1.00 bits per heavy atom. The summed E-state index contributed by atoms with van der Waals surface area (Å²) in [6.45, 7) is 5.94. The van der Waals surface area contributed by atoms with Gasteiger partial charge in [0.05, 0.1) is 4.90 Å². The van der Waals surface area contributed by atoms with Crippen molar-refractivity contribution in [2.45, 2.75) is 17.9 Å². The minimum Gasteiger partial charge on any atom is -0.369 e. The zero-order valence-electron chi connectivity index (χ0n) is 14.8. The van der Waals surface area contributed by atoms with Crippen LogP contribution in [-0.2, 0) is 10.0 Å². The van der Waals surface area contributed by atoms with Crippen molar-refractivity contribution in [2.24, 2.45) is 0 Å². The minimum absolute atomic E-state index is 0.0833. The van der Waals surface area contributed by atoms with Gasteiger partial charge in [-0.25, -0.2) is 17.5 Å². The maximum Gasteiger partial charge on any atom is 0.240 e. The van der Waals surface area contributed by atoms with Crippen LogP contribution in [0.1, 0.15) is 6.92 Å². The smallest absolute Gasteiger partial charge is 0.240 e. The standard InChI is InChI=1S/C19H24FN3O2S/c1-16(15-21-26(24,25)19-9-7-17(20)8-10-19)22-11-13-23(14-12-22)18-5-3-2-4-6-18/h2-10,16,21H,11-15H2,1H3/t16-/m0/s1. The molecule has 5 nitrogen and oxygen atoms in total. The monoisotopic (exact) mass is 377 g/mol. The average Bonchev–Trinajstić information content (AvgIpc) is 2.67. The molecule has 0 aromatic heterocycles. The van der Waals surface area contributed by atoms with Gasteiger partial charge in [0, 0.05) is 44.5 Å². The van der Waals surface area contributed by atoms with E-state index in [-0.39, 0.29) is 10.9 Å². The number of hydrogen-bond acceptors (Lipinski definition) is 4. The van der Waals surface area contributed by atoms with Crippen LogP contribution >= 0.6 is 0 Å². The van der Waals surface area contributed by atoms with Crippen molar-refractivity contribution in [3.05, 3.63) is 60.4 Å². The van der Waals surface area contributed by atoms with Crippen molar-refractivity contribution >= 4 is 15.7 Å². The molecule has 26 heavy (non-hydrogen) atoms. The summed E-state index contributed by atoms with van der Waals surface area (Å²) < 4.78 is 40.2. The molecule has 1 N–H and O–H groups in total. The number of rotatable bonds is 6. The molecule has 0 radical (unpaired) electrons. The second-order valence-electron chi connectivity index (χ2n) is 6.51. The molecule has 0 bridgehead atoms. The molecule has 1 fully saturated rings. The highest BCUT2D eigenvalue weighted by atomic mass is 32.2. The van der Waals surface area contributed by atoms with Crippen molar-refractivity contribution in [3.63, 3.8) is 0 Å². The molecule has 140 valence electrons. The Bertz CT molecular complexity index is 804. The molecular formula is C19H24FN3O2S. The van der Waals surface area contributed by atoms with Gasteiger partial charge in [-0.1, -0.05) is 18.2 Å². The second kappa shape index (κ2) is 8.16. The molecule has 7 heteroatoms. The number of halogens is 1. The van der Waals surface area contributed by atoms with Gasteiger partial charge in [0.25, 0.3) is 0 Å². The Morgan fingerprint density at radius 2 is 1.62 bits per heavy atom. The highest BCUT2D eigenvalue weighted by Crippen LogP contribution is 2.17. The number of nitrogens with one attached hydrogen (secondary N) is 1. The topological polar surface area (TPSA) is 52.7 Å². The molecule has 0 saturated carbocycles. The second-order valence-corrected chi connectivity index (χ2v) is 8.28. The van der Waals surface area contributed by atoms with Gasteiger partial charge in [-0.2, -0.15) is 0 Å². The highest BCUT2D eigenvalue weighted by Gasteiger charge is 2.23. The lowest BCUT2D eigenvalue weighted by atomic mass is 10.2. The Morgan fingerprint density at radius 3 is 2.23 bits per heavy atom. The molecule has 1 saturated heterocycles. The predicted octanol–water partition coefficient (Wildman–Crippen LogP) is 2.31. The van der Waals surface area contributed by atoms with Gasteiger partial charge in [-0.3, -0.25) is 4.90 Å². The Kier molecular flexibility index (Phi) is 5.90. The maximum atomic E-state index is 13.0. The molecule has 2 aromatic rings. The SMILES string of the molecule is C[C@@H](CNS(=O)(=O)c1ccc(F)cc1)N1CCN(c2ccccc2)CC1. The minimum atomic E-state index is -3.62. The third-order valence-corrected chi connectivity index (χ3v) is 6.19. The quantitative estimate of drug-likeness (QED) is 0.839. The molecule has 0 unspecified atom stereocenters. The van der Waals surface area contributed by atoms with Crippen LogP contribution in [0.4, 0.5) is 10.1 Å². The average molecular weight is 377 g/mol. The molecule has 0 spiro atoms. The van der Waals surface area contributed by atoms with Crippen LogP contribution < -0.4 is 9.62 Å². The molecule has 1 aliphatic heterocycles. The van der Waals surface area contributed by atoms with Crippen LogP contribution in [-0.4, -0.2) is 52.1 Å². The van der Waals surface area contributed by atoms with Gasteiger partial charge in [0.1, 0.15) is 5.82 Å². The van der Waals surface area contributed by atoms with Crippen molar-refractivity contribution in [1.82, 2.24) is 9.62 Å². The fraction of sp³-hybridized carbons (Fsp3) is 0.368.